The molecule has 0 radical (unpaired) electrons. The molecule has 0 spiro atoms. The molecular weight excluding hydrogens is 334 g/mol. The van der Waals surface area contributed by atoms with Crippen molar-refractivity contribution < 1.29 is 28.6 Å². The van der Waals surface area contributed by atoms with Gasteiger partial charge in [-0.1, -0.05) is 20.8 Å². The van der Waals surface area contributed by atoms with Crippen molar-refractivity contribution in [2.24, 2.45) is 5.41 Å². The maximum absolute atomic E-state index is 13.1. The van der Waals surface area contributed by atoms with Crippen LogP contribution in [0.2, 0.25) is 0 Å². The van der Waals surface area contributed by atoms with Crippen LogP contribution in [0.3, 0.4) is 0 Å². The third kappa shape index (κ3) is 6.75. The van der Waals surface area contributed by atoms with E-state index in [9.17, 15) is 28.6 Å². The fourth-order valence-electron chi connectivity index (χ4n) is 1.98. The Kier molecular flexibility index (Phi) is 7.44. The molecule has 4 N–H and O–H groups in total. The van der Waals surface area contributed by atoms with E-state index >= 15 is 0 Å². The summed E-state index contributed by atoms with van der Waals surface area (Å²) in [5, 5.41) is 24.1. The molecule has 0 aromatic heterocycles. The topological polar surface area (TPSA) is 98.7 Å². The van der Waals surface area contributed by atoms with Gasteiger partial charge in [-0.3, -0.25) is 9.59 Å². The molecule has 0 saturated carbocycles. The largest absolute Gasteiger partial charge is 0.394 e. The molecule has 0 unspecified atom stereocenters. The second-order valence-electron chi connectivity index (χ2n) is 6.88. The minimum atomic E-state index is -1.16. The van der Waals surface area contributed by atoms with Crippen LogP contribution in [0, 0.1) is 17.0 Å². The lowest BCUT2D eigenvalue weighted by Gasteiger charge is -2.29. The van der Waals surface area contributed by atoms with Gasteiger partial charge in [0, 0.05) is 5.56 Å². The number of aliphatic hydroxyl groups excluding tert-OH is 2. The van der Waals surface area contributed by atoms with Gasteiger partial charge in [0.25, 0.3) is 5.91 Å². The zero-order valence-electron chi connectivity index (χ0n) is 14.5. The summed E-state index contributed by atoms with van der Waals surface area (Å²) in [7, 11) is 0. The first kappa shape index (κ1) is 21.0. The number of benzene rings is 1. The van der Waals surface area contributed by atoms with E-state index in [1.165, 1.54) is 0 Å². The fraction of sp³-hybridized carbons (Fsp3) is 0.529. The Bertz CT molecular complexity index is 617. The zero-order valence-corrected chi connectivity index (χ0v) is 14.5. The number of nitrogens with one attached hydrogen (secondary N) is 2. The van der Waals surface area contributed by atoms with E-state index in [-0.39, 0.29) is 18.6 Å². The Morgan fingerprint density at radius 1 is 1.20 bits per heavy atom. The summed E-state index contributed by atoms with van der Waals surface area (Å²) in [5.74, 6) is -3.54. The first-order valence-electron chi connectivity index (χ1n) is 7.86. The Labute approximate surface area is 145 Å². The van der Waals surface area contributed by atoms with Crippen LogP contribution in [-0.4, -0.2) is 47.3 Å². The highest BCUT2D eigenvalue weighted by Crippen LogP contribution is 2.22. The Morgan fingerprint density at radius 3 is 2.36 bits per heavy atom. The molecule has 0 heterocycles. The SMILES string of the molecule is CC(C)(C)[C@H](O)C[C@@H](CO)NC(=O)CNC(=O)c1ccc(F)c(F)c1. The highest BCUT2D eigenvalue weighted by atomic mass is 19.2. The highest BCUT2D eigenvalue weighted by molar-refractivity contribution is 5.96. The first-order valence-corrected chi connectivity index (χ1v) is 7.86. The molecule has 0 aliphatic rings. The van der Waals surface area contributed by atoms with Gasteiger partial charge in [0.15, 0.2) is 11.6 Å². The number of aliphatic hydroxyl groups is 2. The van der Waals surface area contributed by atoms with Crippen molar-refractivity contribution in [1.29, 1.82) is 0 Å². The Hall–Kier alpha value is -2.06. The molecule has 2 atom stereocenters. The average Bonchev–Trinajstić information content (AvgIpc) is 2.53. The molecule has 0 aliphatic heterocycles. The number of rotatable bonds is 7. The van der Waals surface area contributed by atoms with Crippen LogP contribution >= 0.6 is 0 Å². The van der Waals surface area contributed by atoms with Crippen LogP contribution in [0.4, 0.5) is 8.78 Å². The third-order valence-corrected chi connectivity index (χ3v) is 3.68. The maximum atomic E-state index is 13.1. The van der Waals surface area contributed by atoms with Crippen molar-refractivity contribution in [3.63, 3.8) is 0 Å². The monoisotopic (exact) mass is 358 g/mol. The smallest absolute Gasteiger partial charge is 0.251 e. The number of hydrogen-bond acceptors (Lipinski definition) is 4. The van der Waals surface area contributed by atoms with Crippen molar-refractivity contribution in [3.05, 3.63) is 35.4 Å². The van der Waals surface area contributed by atoms with Crippen LogP contribution in [0.1, 0.15) is 37.6 Å². The van der Waals surface area contributed by atoms with E-state index in [2.05, 4.69) is 10.6 Å². The molecule has 8 heteroatoms. The van der Waals surface area contributed by atoms with Crippen molar-refractivity contribution >= 4 is 11.8 Å². The summed E-state index contributed by atoms with van der Waals surface area (Å²) in [6.07, 6.45) is -0.579. The zero-order chi connectivity index (χ0) is 19.2. The predicted octanol–water partition coefficient (Wildman–Crippen LogP) is 0.969. The Balaban J connectivity index is 2.52. The lowest BCUT2D eigenvalue weighted by molar-refractivity contribution is -0.121. The molecule has 0 saturated heterocycles. The van der Waals surface area contributed by atoms with Gasteiger partial charge in [-0.05, 0) is 30.0 Å². The maximum Gasteiger partial charge on any atom is 0.251 e. The van der Waals surface area contributed by atoms with Gasteiger partial charge in [-0.15, -0.1) is 0 Å². The van der Waals surface area contributed by atoms with Gasteiger partial charge in [0.1, 0.15) is 0 Å². The van der Waals surface area contributed by atoms with E-state index in [1.807, 2.05) is 20.8 Å². The molecule has 6 nitrogen and oxygen atoms in total. The minimum absolute atomic E-state index is 0.117. The van der Waals surface area contributed by atoms with Crippen molar-refractivity contribution in [3.8, 4) is 0 Å². The van der Waals surface area contributed by atoms with Crippen molar-refractivity contribution in [1.82, 2.24) is 10.6 Å². The van der Waals surface area contributed by atoms with E-state index in [0.29, 0.717) is 0 Å². The van der Waals surface area contributed by atoms with Gasteiger partial charge in [0.2, 0.25) is 5.91 Å². The van der Waals surface area contributed by atoms with Crippen molar-refractivity contribution in [2.75, 3.05) is 13.2 Å². The van der Waals surface area contributed by atoms with Gasteiger partial charge < -0.3 is 20.8 Å². The minimum Gasteiger partial charge on any atom is -0.394 e. The summed E-state index contributed by atoms with van der Waals surface area (Å²) < 4.78 is 25.9. The number of carbonyl (C=O) groups is 2. The van der Waals surface area contributed by atoms with Gasteiger partial charge in [-0.25, -0.2) is 8.78 Å². The predicted molar refractivity (Wildman–Crippen MR) is 87.8 cm³/mol. The summed E-state index contributed by atoms with van der Waals surface area (Å²) in [4.78, 5) is 23.7. The van der Waals surface area contributed by atoms with E-state index in [0.717, 1.165) is 18.2 Å². The summed E-state index contributed by atoms with van der Waals surface area (Å²) in [5.41, 5.74) is -0.521. The van der Waals surface area contributed by atoms with Crippen LogP contribution < -0.4 is 10.6 Å². The van der Waals surface area contributed by atoms with E-state index < -0.39 is 47.6 Å². The molecule has 1 aromatic rings. The van der Waals surface area contributed by atoms with Gasteiger partial charge in [0.05, 0.1) is 25.3 Å². The molecular formula is C17H24F2N2O4. The normalized spacial score (nSPS) is 13.9. The first-order chi connectivity index (χ1) is 11.5. The molecule has 2 amide bonds. The molecule has 1 rings (SSSR count). The second kappa shape index (κ2) is 8.87. The van der Waals surface area contributed by atoms with Gasteiger partial charge >= 0.3 is 0 Å². The number of amides is 2. The quantitative estimate of drug-likeness (QED) is 0.584. The standard InChI is InChI=1S/C17H24F2N2O4/c1-17(2,3)14(23)7-11(9-22)21-15(24)8-20-16(25)10-4-5-12(18)13(19)6-10/h4-6,11,14,22-23H,7-9H2,1-3H3,(H,20,25)(H,21,24)/t11-,14+/m0/s1. The van der Waals surface area contributed by atoms with Crippen LogP contribution in [0.25, 0.3) is 0 Å². The number of halogens is 2. The number of carbonyl (C=O) groups excluding carboxylic acids is 2. The fourth-order valence-corrected chi connectivity index (χ4v) is 1.98. The van der Waals surface area contributed by atoms with E-state index in [4.69, 9.17) is 0 Å². The van der Waals surface area contributed by atoms with Crippen LogP contribution in [-0.2, 0) is 4.79 Å². The van der Waals surface area contributed by atoms with Gasteiger partial charge in [-0.2, -0.15) is 0 Å². The van der Waals surface area contributed by atoms with Crippen LogP contribution in [0.5, 0.6) is 0 Å². The Morgan fingerprint density at radius 2 is 1.84 bits per heavy atom. The van der Waals surface area contributed by atoms with Crippen LogP contribution in [0.15, 0.2) is 18.2 Å². The number of hydrogen-bond donors (Lipinski definition) is 4. The summed E-state index contributed by atoms with van der Waals surface area (Å²) >= 11 is 0. The molecule has 0 aliphatic carbocycles. The molecule has 25 heavy (non-hydrogen) atoms. The average molecular weight is 358 g/mol. The van der Waals surface area contributed by atoms with E-state index in [1.54, 1.807) is 0 Å². The molecule has 1 aromatic carbocycles. The molecule has 0 bridgehead atoms. The lowest BCUT2D eigenvalue weighted by Crippen LogP contribution is -2.46. The summed E-state index contributed by atoms with van der Waals surface area (Å²) in [6.45, 7) is 4.72. The molecule has 140 valence electrons. The third-order valence-electron chi connectivity index (χ3n) is 3.68. The second-order valence-corrected chi connectivity index (χ2v) is 6.88. The van der Waals surface area contributed by atoms with Crippen molar-refractivity contribution in [2.45, 2.75) is 39.3 Å². The highest BCUT2D eigenvalue weighted by Gasteiger charge is 2.26. The lowest BCUT2D eigenvalue weighted by atomic mass is 9.85. The summed E-state index contributed by atoms with van der Waals surface area (Å²) in [6, 6.07) is 1.99. The molecule has 0 fully saturated rings.